The number of halogens is 1. The molecule has 4 rings (SSSR count). The number of hydrogen-bond acceptors (Lipinski definition) is 7. The Bertz CT molecular complexity index is 1220. The second-order valence-corrected chi connectivity index (χ2v) is 8.66. The maximum absolute atomic E-state index is 12.9. The average molecular weight is 456 g/mol. The van der Waals surface area contributed by atoms with E-state index in [0.29, 0.717) is 10.7 Å². The van der Waals surface area contributed by atoms with Crippen molar-refractivity contribution in [3.63, 3.8) is 0 Å². The maximum Gasteiger partial charge on any atom is 0.143 e. The first-order chi connectivity index (χ1) is 15.0. The minimum Gasteiger partial charge on any atom is -0.377 e. The van der Waals surface area contributed by atoms with E-state index in [9.17, 15) is 4.79 Å². The van der Waals surface area contributed by atoms with E-state index in [1.165, 1.54) is 4.80 Å². The van der Waals surface area contributed by atoms with Crippen molar-refractivity contribution in [2.24, 2.45) is 0 Å². The van der Waals surface area contributed by atoms with Crippen molar-refractivity contribution >= 4 is 39.1 Å². The van der Waals surface area contributed by atoms with Gasteiger partial charge in [-0.1, -0.05) is 35.9 Å². The molecule has 4 aromatic rings. The van der Waals surface area contributed by atoms with Crippen molar-refractivity contribution < 1.29 is 9.53 Å². The number of carbonyl (C=O) groups excluding carboxylic acids is 1. The molecule has 1 aromatic carbocycles. The molecule has 0 bridgehead atoms. The number of ketones is 1. The number of rotatable bonds is 8. The van der Waals surface area contributed by atoms with Gasteiger partial charge in [0, 0.05) is 31.7 Å². The van der Waals surface area contributed by atoms with Gasteiger partial charge in [-0.3, -0.25) is 4.79 Å². The van der Waals surface area contributed by atoms with Gasteiger partial charge >= 0.3 is 0 Å². The van der Waals surface area contributed by atoms with Gasteiger partial charge in [-0.25, -0.2) is 9.97 Å². The van der Waals surface area contributed by atoms with Gasteiger partial charge in [0.1, 0.15) is 21.8 Å². The number of hydrogen-bond donors (Lipinski definition) is 0. The summed E-state index contributed by atoms with van der Waals surface area (Å²) < 4.78 is 5.59. The Hall–Kier alpha value is -2.68. The van der Waals surface area contributed by atoms with Crippen LogP contribution < -0.4 is 0 Å². The molecule has 0 N–H and O–H groups in total. The molecule has 0 aliphatic rings. The monoisotopic (exact) mass is 455 g/mol. The molecule has 0 spiro atoms. The molecule has 0 fully saturated rings. The second-order valence-electron chi connectivity index (χ2n) is 7.19. The van der Waals surface area contributed by atoms with Gasteiger partial charge < -0.3 is 4.74 Å². The number of pyridine rings is 1. The first-order valence-corrected chi connectivity index (χ1v) is 11.2. The first kappa shape index (κ1) is 21.5. The van der Waals surface area contributed by atoms with Crippen LogP contribution in [0.5, 0.6) is 0 Å². The zero-order chi connectivity index (χ0) is 22.0. The fourth-order valence-corrected chi connectivity index (χ4v) is 4.65. The molecule has 0 aliphatic carbocycles. The van der Waals surface area contributed by atoms with Crippen LogP contribution in [0, 0.1) is 0 Å². The van der Waals surface area contributed by atoms with Gasteiger partial charge in [0.15, 0.2) is 0 Å². The molecule has 3 aromatic heterocycles. The van der Waals surface area contributed by atoms with Crippen LogP contribution in [-0.2, 0) is 28.8 Å². The van der Waals surface area contributed by atoms with Crippen LogP contribution in [-0.4, -0.2) is 37.9 Å². The van der Waals surface area contributed by atoms with Crippen LogP contribution >= 0.6 is 22.9 Å². The molecule has 0 saturated carbocycles. The summed E-state index contributed by atoms with van der Waals surface area (Å²) in [7, 11) is 1.66. The molecular weight excluding hydrogens is 434 g/mol. The molecular formula is C22H22ClN5O2S. The minimum atomic E-state index is -0.185. The number of nitrogens with zero attached hydrogens (tertiary/aromatic N) is 5. The van der Waals surface area contributed by atoms with Crippen molar-refractivity contribution in [2.45, 2.75) is 39.2 Å². The normalized spacial score (nSPS) is 12.4. The van der Waals surface area contributed by atoms with Gasteiger partial charge in [0.25, 0.3) is 0 Å². The summed E-state index contributed by atoms with van der Waals surface area (Å²) in [5.41, 5.74) is 4.13. The molecule has 1 unspecified atom stereocenters. The lowest BCUT2D eigenvalue weighted by Gasteiger charge is -2.15. The van der Waals surface area contributed by atoms with Crippen LogP contribution in [0.3, 0.4) is 0 Å². The van der Waals surface area contributed by atoms with E-state index in [4.69, 9.17) is 21.3 Å². The van der Waals surface area contributed by atoms with Crippen LogP contribution in [0.1, 0.15) is 41.6 Å². The molecule has 0 amide bonds. The smallest absolute Gasteiger partial charge is 0.143 e. The zero-order valence-electron chi connectivity index (χ0n) is 17.5. The lowest BCUT2D eigenvalue weighted by Crippen LogP contribution is -2.11. The third kappa shape index (κ3) is 4.51. The molecule has 160 valence electrons. The summed E-state index contributed by atoms with van der Waals surface area (Å²) in [6, 6.07) is 5.47. The summed E-state index contributed by atoms with van der Waals surface area (Å²) in [5.74, 6) is 0.0673. The van der Waals surface area contributed by atoms with E-state index in [1.54, 1.807) is 43.1 Å². The molecule has 0 saturated heterocycles. The predicted octanol–water partition coefficient (Wildman–Crippen LogP) is 4.55. The van der Waals surface area contributed by atoms with E-state index in [2.05, 4.69) is 22.1 Å². The Morgan fingerprint density at radius 3 is 2.71 bits per heavy atom. The Balaban J connectivity index is 1.58. The quantitative estimate of drug-likeness (QED) is 0.387. The number of aryl methyl sites for hydroxylation is 1. The molecule has 7 nitrogen and oxygen atoms in total. The standard InChI is InChI=1S/C22H22ClN5O2S/c1-4-19-27-21-20(13(2)30-3)15(12-24-22(21)31-19)11-16(29)9-14-5-6-18(17(23)10-14)28-25-7-8-26-28/h5-8,10,12-13H,4,9,11H2,1-3H3. The number of Topliss-reactive ketones (excluding diaryl/α,β-unsaturated/α-hetero) is 1. The number of aromatic nitrogens is 5. The fraction of sp³-hybridized carbons (Fsp3) is 0.318. The highest BCUT2D eigenvalue weighted by molar-refractivity contribution is 7.18. The maximum atomic E-state index is 12.9. The fourth-order valence-electron chi connectivity index (χ4n) is 3.51. The number of methoxy groups -OCH3 is 1. The Morgan fingerprint density at radius 1 is 1.26 bits per heavy atom. The Kier molecular flexibility index (Phi) is 6.41. The molecule has 1 atom stereocenters. The lowest BCUT2D eigenvalue weighted by atomic mass is 9.97. The predicted molar refractivity (Wildman–Crippen MR) is 121 cm³/mol. The zero-order valence-corrected chi connectivity index (χ0v) is 19.1. The van der Waals surface area contributed by atoms with Crippen molar-refractivity contribution in [1.82, 2.24) is 25.0 Å². The van der Waals surface area contributed by atoms with E-state index in [-0.39, 0.29) is 24.7 Å². The van der Waals surface area contributed by atoms with Crippen LogP contribution in [0.25, 0.3) is 16.0 Å². The minimum absolute atomic E-state index is 0.0673. The number of fused-ring (bicyclic) bond motifs is 1. The summed E-state index contributed by atoms with van der Waals surface area (Å²) in [5, 5.41) is 9.70. The summed E-state index contributed by atoms with van der Waals surface area (Å²) in [6.45, 7) is 4.04. The van der Waals surface area contributed by atoms with Crippen molar-refractivity contribution in [2.75, 3.05) is 7.11 Å². The third-order valence-electron chi connectivity index (χ3n) is 5.09. The van der Waals surface area contributed by atoms with Crippen molar-refractivity contribution in [3.05, 3.63) is 63.5 Å². The first-order valence-electron chi connectivity index (χ1n) is 9.97. The van der Waals surface area contributed by atoms with Gasteiger partial charge in [-0.05, 0) is 36.6 Å². The molecule has 31 heavy (non-hydrogen) atoms. The third-order valence-corrected chi connectivity index (χ3v) is 6.50. The SMILES string of the molecule is CCc1nc2c(C(C)OC)c(CC(=O)Cc3ccc(-n4nccn4)c(Cl)c3)cnc2s1. The van der Waals surface area contributed by atoms with Crippen LogP contribution in [0.2, 0.25) is 5.02 Å². The van der Waals surface area contributed by atoms with Gasteiger partial charge in [0.05, 0.1) is 28.5 Å². The number of thiazole rings is 1. The Labute approximate surface area is 189 Å². The average Bonchev–Trinajstić information content (AvgIpc) is 3.42. The summed E-state index contributed by atoms with van der Waals surface area (Å²) in [4.78, 5) is 24.5. The van der Waals surface area contributed by atoms with Gasteiger partial charge in [-0.15, -0.1) is 0 Å². The number of ether oxygens (including phenoxy) is 1. The number of benzene rings is 1. The summed E-state index contributed by atoms with van der Waals surface area (Å²) >= 11 is 7.97. The largest absolute Gasteiger partial charge is 0.377 e. The molecule has 0 aliphatic heterocycles. The van der Waals surface area contributed by atoms with Gasteiger partial charge in [-0.2, -0.15) is 15.0 Å². The molecule has 9 heteroatoms. The Morgan fingerprint density at radius 2 is 2.03 bits per heavy atom. The highest BCUT2D eigenvalue weighted by Gasteiger charge is 2.20. The van der Waals surface area contributed by atoms with E-state index < -0.39 is 0 Å². The topological polar surface area (TPSA) is 82.8 Å². The second kappa shape index (κ2) is 9.21. The highest BCUT2D eigenvalue weighted by Crippen LogP contribution is 2.32. The molecule has 0 radical (unpaired) electrons. The van der Waals surface area contributed by atoms with E-state index >= 15 is 0 Å². The lowest BCUT2D eigenvalue weighted by molar-refractivity contribution is -0.117. The van der Waals surface area contributed by atoms with E-state index in [1.807, 2.05) is 19.1 Å². The van der Waals surface area contributed by atoms with Crippen molar-refractivity contribution in [3.8, 4) is 5.69 Å². The highest BCUT2D eigenvalue weighted by atomic mass is 35.5. The molecule has 3 heterocycles. The van der Waals surface area contributed by atoms with E-state index in [0.717, 1.165) is 38.5 Å². The van der Waals surface area contributed by atoms with Crippen molar-refractivity contribution in [1.29, 1.82) is 0 Å². The summed E-state index contributed by atoms with van der Waals surface area (Å²) in [6.07, 6.45) is 6.14. The van der Waals surface area contributed by atoms with Crippen LogP contribution in [0.15, 0.2) is 36.8 Å². The number of carbonyl (C=O) groups is 1. The van der Waals surface area contributed by atoms with Crippen LogP contribution in [0.4, 0.5) is 0 Å². The van der Waals surface area contributed by atoms with Gasteiger partial charge in [0.2, 0.25) is 0 Å².